The van der Waals surface area contributed by atoms with Gasteiger partial charge in [0.05, 0.1) is 12.8 Å². The van der Waals surface area contributed by atoms with Gasteiger partial charge >= 0.3 is 7.12 Å². The fourth-order valence-electron chi connectivity index (χ4n) is 3.98. The Hall–Kier alpha value is -2.16. The lowest BCUT2D eigenvalue weighted by molar-refractivity contribution is -0.134. The number of halogens is 1. The van der Waals surface area contributed by atoms with Gasteiger partial charge in [-0.25, -0.2) is 0 Å². The van der Waals surface area contributed by atoms with Gasteiger partial charge in [-0.3, -0.25) is 9.59 Å². The predicted octanol–water partition coefficient (Wildman–Crippen LogP) is 3.45. The van der Waals surface area contributed by atoms with Crippen molar-refractivity contribution in [2.45, 2.75) is 39.5 Å². The minimum absolute atomic E-state index is 0.0834. The van der Waals surface area contributed by atoms with Gasteiger partial charge in [-0.1, -0.05) is 66.2 Å². The predicted molar refractivity (Wildman–Crippen MR) is 141 cm³/mol. The minimum atomic E-state index is -0.279. The number of nitrogens with zero attached hydrogens (tertiary/aromatic N) is 2. The first-order valence-electron chi connectivity index (χ1n) is 12.4. The SMILES string of the molecule is CC1(C)COB(c2ccc(CC(=O)N3CCC3)cc2)OC1.O=C(Cc1ccc(Br)cc1)N1CCC1. The Morgan fingerprint density at radius 2 is 1.23 bits per heavy atom. The quantitative estimate of drug-likeness (QED) is 0.545. The first-order chi connectivity index (χ1) is 16.8. The Bertz CT molecular complexity index is 995. The second-order valence-corrected chi connectivity index (χ2v) is 11.2. The molecule has 0 spiro atoms. The topological polar surface area (TPSA) is 59.1 Å². The second-order valence-electron chi connectivity index (χ2n) is 10.3. The van der Waals surface area contributed by atoms with Crippen LogP contribution in [0.25, 0.3) is 0 Å². The van der Waals surface area contributed by atoms with Gasteiger partial charge in [0.1, 0.15) is 0 Å². The molecule has 3 aliphatic heterocycles. The molecule has 3 heterocycles. The summed E-state index contributed by atoms with van der Waals surface area (Å²) in [6, 6.07) is 15.9. The van der Waals surface area contributed by atoms with Crippen molar-refractivity contribution in [2.24, 2.45) is 5.41 Å². The number of carbonyl (C=O) groups excluding carboxylic acids is 2. The van der Waals surface area contributed by atoms with E-state index in [2.05, 4.69) is 29.8 Å². The molecule has 0 atom stereocenters. The monoisotopic (exact) mass is 540 g/mol. The van der Waals surface area contributed by atoms with Gasteiger partial charge in [-0.05, 0) is 41.6 Å². The van der Waals surface area contributed by atoms with E-state index in [1.807, 2.05) is 58.3 Å². The van der Waals surface area contributed by atoms with E-state index in [0.29, 0.717) is 26.1 Å². The lowest BCUT2D eigenvalue weighted by atomic mass is 9.75. The fourth-order valence-corrected chi connectivity index (χ4v) is 4.25. The van der Waals surface area contributed by atoms with Crippen molar-refractivity contribution in [3.8, 4) is 0 Å². The number of amides is 2. The van der Waals surface area contributed by atoms with Crippen LogP contribution < -0.4 is 5.46 Å². The first kappa shape index (κ1) is 25.9. The van der Waals surface area contributed by atoms with E-state index in [-0.39, 0.29) is 24.3 Å². The van der Waals surface area contributed by atoms with Crippen molar-refractivity contribution in [3.63, 3.8) is 0 Å². The normalized spacial score (nSPS) is 18.7. The third-order valence-corrected chi connectivity index (χ3v) is 7.07. The Morgan fingerprint density at radius 1 is 0.800 bits per heavy atom. The summed E-state index contributed by atoms with van der Waals surface area (Å²) < 4.78 is 12.6. The van der Waals surface area contributed by atoms with Crippen LogP contribution in [0, 0.1) is 5.41 Å². The number of carbonyl (C=O) groups is 2. The van der Waals surface area contributed by atoms with Crippen LogP contribution >= 0.6 is 15.9 Å². The molecule has 0 aliphatic carbocycles. The molecule has 0 bridgehead atoms. The van der Waals surface area contributed by atoms with E-state index >= 15 is 0 Å². The highest BCUT2D eigenvalue weighted by molar-refractivity contribution is 9.10. The molecule has 2 aromatic carbocycles. The van der Waals surface area contributed by atoms with E-state index in [1.54, 1.807) is 0 Å². The molecule has 3 aliphatic rings. The van der Waals surface area contributed by atoms with Crippen LogP contribution in [0.2, 0.25) is 0 Å². The third-order valence-electron chi connectivity index (χ3n) is 6.54. The van der Waals surface area contributed by atoms with Crippen LogP contribution in [0.5, 0.6) is 0 Å². The van der Waals surface area contributed by atoms with E-state index in [1.165, 1.54) is 0 Å². The zero-order valence-corrected chi connectivity index (χ0v) is 22.3. The third kappa shape index (κ3) is 7.42. The molecule has 8 heteroatoms. The molecule has 2 aromatic rings. The van der Waals surface area contributed by atoms with Crippen LogP contribution in [-0.4, -0.2) is 68.1 Å². The largest absolute Gasteiger partial charge is 0.493 e. The van der Waals surface area contributed by atoms with E-state index in [0.717, 1.165) is 60.1 Å². The summed E-state index contributed by atoms with van der Waals surface area (Å²) >= 11 is 3.37. The lowest BCUT2D eigenvalue weighted by Gasteiger charge is -2.33. The van der Waals surface area contributed by atoms with Crippen LogP contribution in [0.3, 0.4) is 0 Å². The Labute approximate surface area is 217 Å². The average molecular weight is 541 g/mol. The molecule has 35 heavy (non-hydrogen) atoms. The highest BCUT2D eigenvalue weighted by Gasteiger charge is 2.33. The molecular weight excluding hydrogens is 507 g/mol. The minimum Gasteiger partial charge on any atom is -0.407 e. The maximum atomic E-state index is 11.9. The zero-order valence-electron chi connectivity index (χ0n) is 20.7. The molecular formula is C27H34BBrN2O4. The van der Waals surface area contributed by atoms with Crippen LogP contribution in [-0.2, 0) is 31.7 Å². The van der Waals surface area contributed by atoms with Crippen molar-refractivity contribution in [1.29, 1.82) is 0 Å². The molecule has 0 unspecified atom stereocenters. The molecule has 0 N–H and O–H groups in total. The van der Waals surface area contributed by atoms with Crippen molar-refractivity contribution in [2.75, 3.05) is 39.4 Å². The number of hydrogen-bond acceptors (Lipinski definition) is 4. The molecule has 0 aromatic heterocycles. The summed E-state index contributed by atoms with van der Waals surface area (Å²) in [6.07, 6.45) is 3.32. The van der Waals surface area contributed by atoms with Gasteiger partial charge in [-0.15, -0.1) is 0 Å². The van der Waals surface area contributed by atoms with Gasteiger partial charge in [0, 0.05) is 49.3 Å². The molecule has 6 nitrogen and oxygen atoms in total. The molecule has 0 radical (unpaired) electrons. The number of benzene rings is 2. The van der Waals surface area contributed by atoms with Gasteiger partial charge in [0.15, 0.2) is 0 Å². The Balaban J connectivity index is 0.000000179. The zero-order chi connectivity index (χ0) is 24.8. The first-order valence-corrected chi connectivity index (χ1v) is 13.2. The molecule has 0 saturated carbocycles. The molecule has 3 fully saturated rings. The maximum Gasteiger partial charge on any atom is 0.493 e. The van der Waals surface area contributed by atoms with Crippen molar-refractivity contribution < 1.29 is 18.9 Å². The number of likely N-dealkylation sites (tertiary alicyclic amines) is 2. The summed E-state index contributed by atoms with van der Waals surface area (Å²) in [5.41, 5.74) is 3.24. The van der Waals surface area contributed by atoms with Gasteiger partial charge in [0.2, 0.25) is 11.8 Å². The number of rotatable bonds is 5. The van der Waals surface area contributed by atoms with Crippen molar-refractivity contribution in [1.82, 2.24) is 9.80 Å². The number of hydrogen-bond donors (Lipinski definition) is 0. The fraction of sp³-hybridized carbons (Fsp3) is 0.481. The summed E-state index contributed by atoms with van der Waals surface area (Å²) in [7, 11) is -0.279. The lowest BCUT2D eigenvalue weighted by Crippen LogP contribution is -2.47. The second kappa shape index (κ2) is 11.7. The van der Waals surface area contributed by atoms with Gasteiger partial charge in [-0.2, -0.15) is 0 Å². The van der Waals surface area contributed by atoms with Crippen LogP contribution in [0.1, 0.15) is 37.8 Å². The maximum absolute atomic E-state index is 11.9. The van der Waals surface area contributed by atoms with E-state index in [4.69, 9.17) is 9.31 Å². The summed E-state index contributed by atoms with van der Waals surface area (Å²) in [4.78, 5) is 27.3. The Kier molecular flexibility index (Phi) is 8.68. The molecule has 186 valence electrons. The molecule has 5 rings (SSSR count). The van der Waals surface area contributed by atoms with E-state index in [9.17, 15) is 9.59 Å². The highest BCUT2D eigenvalue weighted by Crippen LogP contribution is 2.21. The van der Waals surface area contributed by atoms with Crippen LogP contribution in [0.4, 0.5) is 0 Å². The van der Waals surface area contributed by atoms with E-state index < -0.39 is 0 Å². The van der Waals surface area contributed by atoms with Crippen molar-refractivity contribution in [3.05, 3.63) is 64.1 Å². The summed E-state index contributed by atoms with van der Waals surface area (Å²) in [6.45, 7) is 9.37. The smallest absolute Gasteiger partial charge is 0.407 e. The molecule has 3 saturated heterocycles. The highest BCUT2D eigenvalue weighted by atomic mass is 79.9. The standard InChI is InChI=1S/C16H22BNO3.C11H12BrNO/c1-16(2)11-20-17(21-12-16)14-6-4-13(5-7-14)10-15(19)18-8-3-9-18;12-10-4-2-9(3-5-10)8-11(14)13-6-1-7-13/h4-7H,3,8-12H2,1-2H3;2-5H,1,6-8H2. The van der Waals surface area contributed by atoms with Gasteiger partial charge < -0.3 is 19.1 Å². The Morgan fingerprint density at radius 3 is 1.63 bits per heavy atom. The molecule has 2 amide bonds. The van der Waals surface area contributed by atoms with Crippen molar-refractivity contribution >= 4 is 40.3 Å². The van der Waals surface area contributed by atoms with Gasteiger partial charge in [0.25, 0.3) is 0 Å². The average Bonchev–Trinajstić information content (AvgIpc) is 2.74. The summed E-state index contributed by atoms with van der Waals surface area (Å²) in [5, 5.41) is 0. The summed E-state index contributed by atoms with van der Waals surface area (Å²) in [5.74, 6) is 0.472. The van der Waals surface area contributed by atoms with Crippen LogP contribution in [0.15, 0.2) is 53.0 Å².